The van der Waals surface area contributed by atoms with Crippen molar-refractivity contribution in [3.8, 4) is 5.75 Å². The number of rotatable bonds is 3. The number of carbonyl (C=O) groups excluding carboxylic acids is 1. The molecule has 0 aliphatic heterocycles. The first-order valence-corrected chi connectivity index (χ1v) is 5.56. The summed E-state index contributed by atoms with van der Waals surface area (Å²) in [6.07, 6.45) is 3.22. The number of amides is 1. The third-order valence-electron chi connectivity index (χ3n) is 2.61. The maximum atomic E-state index is 12.0. The van der Waals surface area contributed by atoms with E-state index < -0.39 is 0 Å². The molecular formula is C14H14N2O2. The molecule has 92 valence electrons. The Hall–Kier alpha value is -2.36. The third-order valence-corrected chi connectivity index (χ3v) is 2.61. The van der Waals surface area contributed by atoms with E-state index in [4.69, 9.17) is 4.74 Å². The van der Waals surface area contributed by atoms with Gasteiger partial charge in [0.1, 0.15) is 5.75 Å². The van der Waals surface area contributed by atoms with Gasteiger partial charge in [0.25, 0.3) is 5.91 Å². The first-order chi connectivity index (χ1) is 8.70. The van der Waals surface area contributed by atoms with Crippen LogP contribution in [0.25, 0.3) is 0 Å². The van der Waals surface area contributed by atoms with Crippen molar-refractivity contribution in [1.29, 1.82) is 0 Å². The summed E-state index contributed by atoms with van der Waals surface area (Å²) in [5.41, 5.74) is 2.16. The van der Waals surface area contributed by atoms with Gasteiger partial charge in [0.2, 0.25) is 0 Å². The Kier molecular flexibility index (Phi) is 3.57. The Balaban J connectivity index is 2.19. The van der Waals surface area contributed by atoms with E-state index in [-0.39, 0.29) is 5.91 Å². The van der Waals surface area contributed by atoms with Gasteiger partial charge >= 0.3 is 0 Å². The Morgan fingerprint density at radius 1 is 1.33 bits per heavy atom. The number of aryl methyl sites for hydroxylation is 1. The van der Waals surface area contributed by atoms with Crippen molar-refractivity contribution < 1.29 is 9.53 Å². The summed E-state index contributed by atoms with van der Waals surface area (Å²) in [4.78, 5) is 16.0. The molecule has 0 spiro atoms. The van der Waals surface area contributed by atoms with Crippen LogP contribution in [0.15, 0.2) is 42.7 Å². The van der Waals surface area contributed by atoms with Crippen molar-refractivity contribution in [2.45, 2.75) is 6.92 Å². The number of hydrogen-bond acceptors (Lipinski definition) is 3. The molecule has 0 unspecified atom stereocenters. The molecule has 0 saturated carbocycles. The van der Waals surface area contributed by atoms with Crippen LogP contribution in [0.4, 0.5) is 5.69 Å². The van der Waals surface area contributed by atoms with Gasteiger partial charge in [-0.25, -0.2) is 0 Å². The van der Waals surface area contributed by atoms with Crippen LogP contribution in [0.5, 0.6) is 5.75 Å². The van der Waals surface area contributed by atoms with E-state index in [1.165, 1.54) is 0 Å². The van der Waals surface area contributed by atoms with Gasteiger partial charge in [0.05, 0.1) is 12.7 Å². The Morgan fingerprint density at radius 2 is 2.17 bits per heavy atom. The molecule has 1 heterocycles. The Labute approximate surface area is 106 Å². The van der Waals surface area contributed by atoms with Crippen LogP contribution >= 0.6 is 0 Å². The van der Waals surface area contributed by atoms with Crippen molar-refractivity contribution in [1.82, 2.24) is 4.98 Å². The fourth-order valence-electron chi connectivity index (χ4n) is 1.60. The quantitative estimate of drug-likeness (QED) is 0.900. The lowest BCUT2D eigenvalue weighted by atomic mass is 10.1. The van der Waals surface area contributed by atoms with E-state index in [2.05, 4.69) is 10.3 Å². The highest BCUT2D eigenvalue weighted by molar-refractivity contribution is 6.05. The van der Waals surface area contributed by atoms with Gasteiger partial charge in [0, 0.05) is 24.1 Å². The van der Waals surface area contributed by atoms with Gasteiger partial charge in [-0.3, -0.25) is 9.78 Å². The van der Waals surface area contributed by atoms with Crippen molar-refractivity contribution in [2.24, 2.45) is 0 Å². The van der Waals surface area contributed by atoms with E-state index in [9.17, 15) is 4.79 Å². The zero-order chi connectivity index (χ0) is 13.0. The number of pyridine rings is 1. The highest BCUT2D eigenvalue weighted by atomic mass is 16.5. The molecule has 0 fully saturated rings. The summed E-state index contributed by atoms with van der Waals surface area (Å²) >= 11 is 0. The normalized spacial score (nSPS) is 9.89. The number of carbonyl (C=O) groups is 1. The number of benzene rings is 1. The predicted octanol–water partition coefficient (Wildman–Crippen LogP) is 2.65. The molecular weight excluding hydrogens is 228 g/mol. The minimum absolute atomic E-state index is 0.172. The summed E-state index contributed by atoms with van der Waals surface area (Å²) in [5, 5.41) is 2.81. The van der Waals surface area contributed by atoms with Crippen LogP contribution < -0.4 is 10.1 Å². The molecule has 2 rings (SSSR count). The largest absolute Gasteiger partial charge is 0.497 e. The Bertz CT molecular complexity index is 567. The first kappa shape index (κ1) is 12.1. The number of aromatic nitrogens is 1. The SMILES string of the molecule is COc1cccc(NC(=O)c2cnccc2C)c1. The first-order valence-electron chi connectivity index (χ1n) is 5.56. The predicted molar refractivity (Wildman–Crippen MR) is 69.9 cm³/mol. The van der Waals surface area contributed by atoms with Crippen molar-refractivity contribution in [3.63, 3.8) is 0 Å². The van der Waals surface area contributed by atoms with Crippen LogP contribution in [-0.2, 0) is 0 Å². The molecule has 2 aromatic rings. The van der Waals surface area contributed by atoms with E-state index in [1.807, 2.05) is 25.1 Å². The highest BCUT2D eigenvalue weighted by Crippen LogP contribution is 2.17. The number of nitrogens with zero attached hydrogens (tertiary/aromatic N) is 1. The number of methoxy groups -OCH3 is 1. The topological polar surface area (TPSA) is 51.2 Å². The molecule has 18 heavy (non-hydrogen) atoms. The smallest absolute Gasteiger partial charge is 0.257 e. The Morgan fingerprint density at radius 3 is 2.89 bits per heavy atom. The second kappa shape index (κ2) is 5.31. The maximum Gasteiger partial charge on any atom is 0.257 e. The van der Waals surface area contributed by atoms with Gasteiger partial charge < -0.3 is 10.1 Å². The van der Waals surface area contributed by atoms with Gasteiger partial charge in [0.15, 0.2) is 0 Å². The van der Waals surface area contributed by atoms with E-state index >= 15 is 0 Å². The van der Waals surface area contributed by atoms with E-state index in [1.54, 1.807) is 31.6 Å². The standard InChI is InChI=1S/C14H14N2O2/c1-10-6-7-15-9-13(10)14(17)16-11-4-3-5-12(8-11)18-2/h3-9H,1-2H3,(H,16,17). The van der Waals surface area contributed by atoms with Crippen molar-refractivity contribution >= 4 is 11.6 Å². The zero-order valence-corrected chi connectivity index (χ0v) is 10.3. The lowest BCUT2D eigenvalue weighted by Crippen LogP contribution is -2.13. The number of hydrogen-bond donors (Lipinski definition) is 1. The summed E-state index contributed by atoms with van der Waals surface area (Å²) in [6.45, 7) is 1.88. The van der Waals surface area contributed by atoms with Crippen LogP contribution in [0.2, 0.25) is 0 Å². The van der Waals surface area contributed by atoms with E-state index in [0.29, 0.717) is 17.0 Å². The molecule has 4 nitrogen and oxygen atoms in total. The fraction of sp³-hybridized carbons (Fsp3) is 0.143. The molecule has 1 aromatic carbocycles. The molecule has 1 N–H and O–H groups in total. The molecule has 0 aliphatic rings. The van der Waals surface area contributed by atoms with Crippen LogP contribution in [0.1, 0.15) is 15.9 Å². The molecule has 0 saturated heterocycles. The second-order valence-corrected chi connectivity index (χ2v) is 3.88. The van der Waals surface area contributed by atoms with Crippen molar-refractivity contribution in [3.05, 3.63) is 53.9 Å². The number of nitrogens with one attached hydrogen (secondary N) is 1. The summed E-state index contributed by atoms with van der Waals surface area (Å²) < 4.78 is 5.10. The number of ether oxygens (including phenoxy) is 1. The summed E-state index contributed by atoms with van der Waals surface area (Å²) in [6, 6.07) is 9.03. The minimum atomic E-state index is -0.172. The average Bonchev–Trinajstić information content (AvgIpc) is 2.39. The molecule has 1 aromatic heterocycles. The van der Waals surface area contributed by atoms with Gasteiger partial charge in [-0.2, -0.15) is 0 Å². The highest BCUT2D eigenvalue weighted by Gasteiger charge is 2.09. The average molecular weight is 242 g/mol. The van der Waals surface area contributed by atoms with Gasteiger partial charge in [-0.05, 0) is 30.7 Å². The molecule has 1 amide bonds. The molecule has 0 radical (unpaired) electrons. The number of anilines is 1. The van der Waals surface area contributed by atoms with Gasteiger partial charge in [-0.1, -0.05) is 6.07 Å². The van der Waals surface area contributed by atoms with Crippen LogP contribution in [0, 0.1) is 6.92 Å². The minimum Gasteiger partial charge on any atom is -0.497 e. The van der Waals surface area contributed by atoms with Gasteiger partial charge in [-0.15, -0.1) is 0 Å². The lowest BCUT2D eigenvalue weighted by molar-refractivity contribution is 0.102. The lowest BCUT2D eigenvalue weighted by Gasteiger charge is -2.08. The van der Waals surface area contributed by atoms with Crippen LogP contribution in [0.3, 0.4) is 0 Å². The molecule has 0 atom stereocenters. The summed E-state index contributed by atoms with van der Waals surface area (Å²) in [5.74, 6) is 0.532. The van der Waals surface area contributed by atoms with Crippen LogP contribution in [-0.4, -0.2) is 18.0 Å². The maximum absolute atomic E-state index is 12.0. The van der Waals surface area contributed by atoms with E-state index in [0.717, 1.165) is 5.56 Å². The third kappa shape index (κ3) is 2.66. The summed E-state index contributed by atoms with van der Waals surface area (Å²) in [7, 11) is 1.59. The molecule has 0 aliphatic carbocycles. The molecule has 4 heteroatoms. The monoisotopic (exact) mass is 242 g/mol. The fourth-order valence-corrected chi connectivity index (χ4v) is 1.60. The second-order valence-electron chi connectivity index (χ2n) is 3.88. The van der Waals surface area contributed by atoms with Crippen molar-refractivity contribution in [2.75, 3.05) is 12.4 Å². The molecule has 0 bridgehead atoms. The zero-order valence-electron chi connectivity index (χ0n) is 10.3.